The molecule has 0 aliphatic rings. The number of aliphatic hydroxyl groups is 1. The third-order valence-electron chi connectivity index (χ3n) is 1.43. The van der Waals surface area contributed by atoms with E-state index < -0.39 is 10.5 Å². The van der Waals surface area contributed by atoms with Crippen molar-refractivity contribution in [2.24, 2.45) is 0 Å². The molecular weight excluding hydrogens is 140 g/mol. The average Bonchev–Trinajstić information content (AvgIpc) is 1.64. The Kier molecular flexibility index (Phi) is 2.25. The molecule has 0 fully saturated rings. The fourth-order valence-electron chi connectivity index (χ4n) is 0.140. The van der Waals surface area contributed by atoms with Crippen molar-refractivity contribution in [2.75, 3.05) is 0 Å². The Balaban J connectivity index is 4.32. The lowest BCUT2D eigenvalue weighted by atomic mass is 9.93. The molecule has 0 saturated carbocycles. The second-order valence-electron chi connectivity index (χ2n) is 2.74. The molecule has 0 aliphatic heterocycles. The molecule has 9 heavy (non-hydrogen) atoms. The van der Waals surface area contributed by atoms with Crippen LogP contribution in [0.25, 0.3) is 0 Å². The predicted molar refractivity (Wildman–Crippen MR) is 36.6 cm³/mol. The summed E-state index contributed by atoms with van der Waals surface area (Å²) in [6.07, 6.45) is 0.444. The van der Waals surface area contributed by atoms with Crippen LogP contribution in [-0.2, 0) is 4.79 Å². The van der Waals surface area contributed by atoms with Gasteiger partial charge in [-0.1, -0.05) is 0 Å². The summed E-state index contributed by atoms with van der Waals surface area (Å²) < 4.78 is 0. The van der Waals surface area contributed by atoms with Crippen LogP contribution >= 0.6 is 11.6 Å². The largest absolute Gasteiger partial charge is 0.381 e. The van der Waals surface area contributed by atoms with Gasteiger partial charge in [0.05, 0.1) is 4.87 Å². The molecule has 0 spiro atoms. The fraction of sp³-hybridized carbons (Fsp3) is 0.833. The number of rotatable bonds is 2. The zero-order valence-corrected chi connectivity index (χ0v) is 6.57. The first kappa shape index (κ1) is 8.92. The van der Waals surface area contributed by atoms with E-state index in [4.69, 9.17) is 16.7 Å². The summed E-state index contributed by atoms with van der Waals surface area (Å²) >= 11 is 5.64. The number of carbonyl (C=O) groups excluding carboxylic acids is 1. The van der Waals surface area contributed by atoms with E-state index in [1.54, 1.807) is 13.8 Å². The number of aldehydes is 1. The smallest absolute Gasteiger partial charge is 0.153 e. The molecule has 0 aromatic heterocycles. The second-order valence-corrected chi connectivity index (χ2v) is 3.68. The van der Waals surface area contributed by atoms with Gasteiger partial charge >= 0.3 is 0 Å². The highest BCUT2D eigenvalue weighted by molar-refractivity contribution is 6.25. The standard InChI is InChI=1S/C6H11ClO2/c1-5(2,7)6(3,9)4-8/h4,9H,1-3H3. The molecule has 0 aromatic carbocycles. The summed E-state index contributed by atoms with van der Waals surface area (Å²) in [5.41, 5.74) is -1.44. The molecule has 0 aromatic rings. The molecule has 0 amide bonds. The predicted octanol–water partition coefficient (Wildman–Crippen LogP) is 0.954. The highest BCUT2D eigenvalue weighted by Gasteiger charge is 2.37. The topological polar surface area (TPSA) is 37.3 Å². The van der Waals surface area contributed by atoms with E-state index in [9.17, 15) is 4.79 Å². The van der Waals surface area contributed by atoms with Crippen LogP contribution in [0, 0.1) is 0 Å². The average molecular weight is 151 g/mol. The van der Waals surface area contributed by atoms with Crippen LogP contribution < -0.4 is 0 Å². The van der Waals surface area contributed by atoms with Gasteiger partial charge in [-0.05, 0) is 20.8 Å². The van der Waals surface area contributed by atoms with Crippen molar-refractivity contribution in [3.05, 3.63) is 0 Å². The molecule has 2 nitrogen and oxygen atoms in total. The van der Waals surface area contributed by atoms with Crippen molar-refractivity contribution in [1.82, 2.24) is 0 Å². The van der Waals surface area contributed by atoms with Crippen molar-refractivity contribution in [1.29, 1.82) is 0 Å². The summed E-state index contributed by atoms with van der Waals surface area (Å²) in [6, 6.07) is 0. The van der Waals surface area contributed by atoms with Gasteiger partial charge in [-0.3, -0.25) is 0 Å². The zero-order valence-electron chi connectivity index (χ0n) is 5.81. The van der Waals surface area contributed by atoms with Gasteiger partial charge in [0.1, 0.15) is 5.60 Å². The first-order valence-electron chi connectivity index (χ1n) is 2.69. The SMILES string of the molecule is CC(C)(Cl)C(C)(O)C=O. The number of halogens is 1. The van der Waals surface area contributed by atoms with Gasteiger partial charge in [0.2, 0.25) is 0 Å². The van der Waals surface area contributed by atoms with Crippen molar-refractivity contribution in [3.8, 4) is 0 Å². The van der Waals surface area contributed by atoms with Crippen LogP contribution in [0.5, 0.6) is 0 Å². The maximum atomic E-state index is 10.1. The van der Waals surface area contributed by atoms with Gasteiger partial charge in [-0.25, -0.2) is 0 Å². The minimum absolute atomic E-state index is 0.444. The molecule has 54 valence electrons. The van der Waals surface area contributed by atoms with Crippen LogP contribution in [0.15, 0.2) is 0 Å². The van der Waals surface area contributed by atoms with Crippen LogP contribution in [0.3, 0.4) is 0 Å². The van der Waals surface area contributed by atoms with Crippen LogP contribution in [0.2, 0.25) is 0 Å². The molecule has 1 N–H and O–H groups in total. The quantitative estimate of drug-likeness (QED) is 0.470. The maximum Gasteiger partial charge on any atom is 0.153 e. The van der Waals surface area contributed by atoms with Crippen molar-refractivity contribution >= 4 is 17.9 Å². The van der Waals surface area contributed by atoms with Crippen LogP contribution in [0.4, 0.5) is 0 Å². The Labute approximate surface area is 59.8 Å². The molecular formula is C6H11ClO2. The maximum absolute atomic E-state index is 10.1. The lowest BCUT2D eigenvalue weighted by Gasteiger charge is -2.28. The monoisotopic (exact) mass is 150 g/mol. The van der Waals surface area contributed by atoms with Gasteiger partial charge in [0.25, 0.3) is 0 Å². The Bertz CT molecular complexity index is 113. The van der Waals surface area contributed by atoms with E-state index in [0.29, 0.717) is 6.29 Å². The molecule has 0 heterocycles. The Morgan fingerprint density at radius 3 is 1.78 bits per heavy atom. The van der Waals surface area contributed by atoms with Crippen LogP contribution in [-0.4, -0.2) is 21.9 Å². The lowest BCUT2D eigenvalue weighted by molar-refractivity contribution is -0.124. The molecule has 0 radical (unpaired) electrons. The number of hydrogen-bond acceptors (Lipinski definition) is 2. The van der Waals surface area contributed by atoms with E-state index in [2.05, 4.69) is 0 Å². The summed E-state index contributed by atoms with van der Waals surface area (Å²) in [5, 5.41) is 9.16. The van der Waals surface area contributed by atoms with E-state index in [0.717, 1.165) is 0 Å². The van der Waals surface area contributed by atoms with E-state index >= 15 is 0 Å². The Morgan fingerprint density at radius 1 is 1.44 bits per heavy atom. The lowest BCUT2D eigenvalue weighted by Crippen LogP contribution is -2.44. The molecule has 3 heteroatoms. The van der Waals surface area contributed by atoms with Gasteiger partial charge in [0.15, 0.2) is 6.29 Å². The minimum atomic E-state index is -1.44. The van der Waals surface area contributed by atoms with E-state index in [1.165, 1.54) is 6.92 Å². The molecule has 1 atom stereocenters. The highest BCUT2D eigenvalue weighted by atomic mass is 35.5. The first-order chi connectivity index (χ1) is 3.81. The van der Waals surface area contributed by atoms with Gasteiger partial charge in [0, 0.05) is 0 Å². The van der Waals surface area contributed by atoms with E-state index in [-0.39, 0.29) is 0 Å². The normalized spacial score (nSPS) is 18.8. The van der Waals surface area contributed by atoms with Gasteiger partial charge in [-0.2, -0.15) is 0 Å². The van der Waals surface area contributed by atoms with E-state index in [1.807, 2.05) is 0 Å². The summed E-state index contributed by atoms with van der Waals surface area (Å²) in [4.78, 5) is 9.24. The summed E-state index contributed by atoms with van der Waals surface area (Å²) in [6.45, 7) is 4.55. The van der Waals surface area contributed by atoms with Crippen molar-refractivity contribution < 1.29 is 9.90 Å². The molecule has 0 rings (SSSR count). The van der Waals surface area contributed by atoms with Gasteiger partial charge < -0.3 is 9.90 Å². The number of hydrogen-bond donors (Lipinski definition) is 1. The minimum Gasteiger partial charge on any atom is -0.381 e. The van der Waals surface area contributed by atoms with Crippen molar-refractivity contribution in [2.45, 2.75) is 31.2 Å². The summed E-state index contributed by atoms with van der Waals surface area (Å²) in [5.74, 6) is 0. The Morgan fingerprint density at radius 2 is 1.78 bits per heavy atom. The van der Waals surface area contributed by atoms with Crippen molar-refractivity contribution in [3.63, 3.8) is 0 Å². The number of carbonyl (C=O) groups is 1. The fourth-order valence-corrected chi connectivity index (χ4v) is 0.185. The second kappa shape index (κ2) is 2.27. The molecule has 0 aliphatic carbocycles. The van der Waals surface area contributed by atoms with Gasteiger partial charge in [-0.15, -0.1) is 11.6 Å². The zero-order chi connectivity index (χ0) is 7.71. The number of alkyl halides is 1. The molecule has 0 saturated heterocycles. The third-order valence-corrected chi connectivity index (χ3v) is 1.82. The third kappa shape index (κ3) is 1.95. The summed E-state index contributed by atoms with van der Waals surface area (Å²) in [7, 11) is 0. The Hall–Kier alpha value is -0.0800. The highest BCUT2D eigenvalue weighted by Crippen LogP contribution is 2.25. The first-order valence-corrected chi connectivity index (χ1v) is 3.06. The van der Waals surface area contributed by atoms with Crippen LogP contribution in [0.1, 0.15) is 20.8 Å². The molecule has 0 bridgehead atoms. The molecule has 1 unspecified atom stereocenters.